The van der Waals surface area contributed by atoms with Gasteiger partial charge in [0.25, 0.3) is 0 Å². The summed E-state index contributed by atoms with van der Waals surface area (Å²) in [4.78, 5) is 32.0. The quantitative estimate of drug-likeness (QED) is 0.438. The molecule has 1 unspecified atom stereocenters. The van der Waals surface area contributed by atoms with Gasteiger partial charge >= 0.3 is 7.60 Å². The van der Waals surface area contributed by atoms with Crippen molar-refractivity contribution < 1.29 is 24.3 Å². The fourth-order valence-electron chi connectivity index (χ4n) is 1.76. The summed E-state index contributed by atoms with van der Waals surface area (Å²) in [5.41, 5.74) is 0.782. The predicted molar refractivity (Wildman–Crippen MR) is 77.7 cm³/mol. The molecule has 0 aliphatic carbocycles. The topological polar surface area (TPSA) is 116 Å². The molecule has 7 nitrogen and oxygen atoms in total. The van der Waals surface area contributed by atoms with Gasteiger partial charge in [0.1, 0.15) is 0 Å². The molecule has 116 valence electrons. The van der Waals surface area contributed by atoms with Crippen LogP contribution in [0, 0.1) is 0 Å². The Morgan fingerprint density at radius 1 is 1.45 bits per heavy atom. The lowest BCUT2D eigenvalue weighted by Crippen LogP contribution is -2.29. The molecular formula is C11H23N2O5PSi. The Balaban J connectivity index is 2.58. The number of aryl methyl sites for hydroxylation is 1. The van der Waals surface area contributed by atoms with E-state index in [4.69, 9.17) is 9.79 Å². The number of aliphatic hydroxyl groups is 1. The fraction of sp³-hybridized carbons (Fsp3) is 0.727. The Kier molecular flexibility index (Phi) is 5.34. The van der Waals surface area contributed by atoms with E-state index in [-0.39, 0.29) is 6.54 Å². The second kappa shape index (κ2) is 6.09. The van der Waals surface area contributed by atoms with Crippen LogP contribution in [0.2, 0.25) is 19.1 Å². The van der Waals surface area contributed by atoms with E-state index in [1.165, 1.54) is 10.9 Å². The molecule has 1 atom stereocenters. The molecule has 0 amide bonds. The molecule has 0 spiro atoms. The first-order valence-corrected chi connectivity index (χ1v) is 11.2. The highest BCUT2D eigenvalue weighted by molar-refractivity contribution is 7.53. The van der Waals surface area contributed by atoms with Gasteiger partial charge in [0, 0.05) is 6.20 Å². The van der Waals surface area contributed by atoms with Crippen LogP contribution >= 0.6 is 7.60 Å². The molecule has 1 heterocycles. The summed E-state index contributed by atoms with van der Waals surface area (Å²) in [5.74, 6) is 0. The second-order valence-electron chi connectivity index (χ2n) is 5.96. The first kappa shape index (κ1) is 17.5. The van der Waals surface area contributed by atoms with Gasteiger partial charge in [-0.25, -0.2) is 4.98 Å². The van der Waals surface area contributed by atoms with Gasteiger partial charge in [0.05, 0.1) is 18.6 Å². The average Bonchev–Trinajstić information content (AvgIpc) is 2.61. The van der Waals surface area contributed by atoms with E-state index in [0.717, 1.165) is 25.1 Å². The predicted octanol–water partition coefficient (Wildman–Crippen LogP) is 0.899. The summed E-state index contributed by atoms with van der Waals surface area (Å²) in [6.45, 7) is 4.64. The first-order chi connectivity index (χ1) is 8.91. The molecule has 1 aromatic heterocycles. The molecule has 0 aliphatic heterocycles. The van der Waals surface area contributed by atoms with Crippen LogP contribution in [0.25, 0.3) is 0 Å². The summed E-state index contributed by atoms with van der Waals surface area (Å²) in [6, 6.07) is 0.778. The van der Waals surface area contributed by atoms with Crippen molar-refractivity contribution in [2.75, 3.05) is 0 Å². The smallest absolute Gasteiger partial charge is 0.358 e. The van der Waals surface area contributed by atoms with Crippen LogP contribution in [0.1, 0.15) is 19.0 Å². The van der Waals surface area contributed by atoms with Gasteiger partial charge in [0.2, 0.25) is 0 Å². The summed E-state index contributed by atoms with van der Waals surface area (Å²) >= 11 is 0. The Labute approximate surface area is 119 Å². The zero-order valence-corrected chi connectivity index (χ0v) is 13.9. The van der Waals surface area contributed by atoms with E-state index in [2.05, 4.69) is 4.98 Å². The highest BCUT2D eigenvalue weighted by Crippen LogP contribution is 2.49. The Hall–Kier alpha value is -0.503. The maximum Gasteiger partial charge on any atom is 0.358 e. The summed E-state index contributed by atoms with van der Waals surface area (Å²) < 4.78 is 12.6. The van der Waals surface area contributed by atoms with Gasteiger partial charge in [-0.1, -0.05) is 0 Å². The number of aromatic nitrogens is 2. The minimum atomic E-state index is -4.59. The molecule has 4 N–H and O–H groups in total. The van der Waals surface area contributed by atoms with E-state index in [1.54, 1.807) is 6.20 Å². The van der Waals surface area contributed by atoms with Crippen molar-refractivity contribution in [1.29, 1.82) is 0 Å². The van der Waals surface area contributed by atoms with Crippen LogP contribution in [0.5, 0.6) is 0 Å². The molecule has 0 saturated carbocycles. The lowest BCUT2D eigenvalue weighted by Gasteiger charge is -2.24. The van der Waals surface area contributed by atoms with E-state index in [9.17, 15) is 14.5 Å². The SMILES string of the molecule is CC(O)(Cn1cnc(CCC[Si](C)(C)O)c1)P(=O)(O)O. The fourth-order valence-corrected chi connectivity index (χ4v) is 3.15. The monoisotopic (exact) mass is 322 g/mol. The van der Waals surface area contributed by atoms with Crippen molar-refractivity contribution in [3.8, 4) is 0 Å². The maximum atomic E-state index is 11.1. The third-order valence-electron chi connectivity index (χ3n) is 3.02. The van der Waals surface area contributed by atoms with Crippen LogP contribution in [0.3, 0.4) is 0 Å². The number of hydrogen-bond acceptors (Lipinski definition) is 4. The van der Waals surface area contributed by atoms with Crippen LogP contribution in [-0.2, 0) is 17.5 Å². The molecule has 1 aromatic rings. The summed E-state index contributed by atoms with van der Waals surface area (Å²) in [6.07, 6.45) is 4.63. The van der Waals surface area contributed by atoms with Crippen molar-refractivity contribution in [2.24, 2.45) is 0 Å². The largest absolute Gasteiger partial charge is 0.432 e. The molecule has 0 aliphatic rings. The maximum absolute atomic E-state index is 11.1. The van der Waals surface area contributed by atoms with Crippen molar-refractivity contribution in [1.82, 2.24) is 9.55 Å². The highest BCUT2D eigenvalue weighted by atomic mass is 31.2. The minimum Gasteiger partial charge on any atom is -0.432 e. The van der Waals surface area contributed by atoms with Gasteiger partial charge in [-0.15, -0.1) is 0 Å². The van der Waals surface area contributed by atoms with Gasteiger partial charge in [-0.2, -0.15) is 0 Å². The van der Waals surface area contributed by atoms with Crippen molar-refractivity contribution in [2.45, 2.75) is 50.8 Å². The zero-order valence-electron chi connectivity index (χ0n) is 12.0. The molecule has 0 bridgehead atoms. The number of rotatable bonds is 7. The van der Waals surface area contributed by atoms with Crippen LogP contribution < -0.4 is 0 Å². The molecule has 0 aromatic carbocycles. The number of nitrogens with zero attached hydrogens (tertiary/aromatic N) is 2. The lowest BCUT2D eigenvalue weighted by molar-refractivity contribution is 0.0912. The van der Waals surface area contributed by atoms with Crippen LogP contribution in [0.4, 0.5) is 0 Å². The van der Waals surface area contributed by atoms with E-state index >= 15 is 0 Å². The van der Waals surface area contributed by atoms with Gasteiger partial charge in [-0.05, 0) is 38.9 Å². The summed E-state index contributed by atoms with van der Waals surface area (Å²) in [7, 11) is -6.63. The third-order valence-corrected chi connectivity index (χ3v) is 5.99. The van der Waals surface area contributed by atoms with Crippen molar-refractivity contribution in [3.63, 3.8) is 0 Å². The number of imidazole rings is 1. The lowest BCUT2D eigenvalue weighted by atomic mass is 10.3. The molecular weight excluding hydrogens is 299 g/mol. The highest BCUT2D eigenvalue weighted by Gasteiger charge is 2.40. The zero-order chi connectivity index (χ0) is 15.6. The molecule has 0 radical (unpaired) electrons. The molecule has 0 fully saturated rings. The normalized spacial score (nSPS) is 16.1. The van der Waals surface area contributed by atoms with Crippen molar-refractivity contribution >= 4 is 15.9 Å². The van der Waals surface area contributed by atoms with E-state index in [1.807, 2.05) is 13.1 Å². The third kappa shape index (κ3) is 5.47. The van der Waals surface area contributed by atoms with Crippen molar-refractivity contribution in [3.05, 3.63) is 18.2 Å². The minimum absolute atomic E-state index is 0.218. The van der Waals surface area contributed by atoms with Crippen LogP contribution in [-0.4, -0.2) is 42.9 Å². The van der Waals surface area contributed by atoms with E-state index < -0.39 is 21.3 Å². The van der Waals surface area contributed by atoms with Gasteiger partial charge in [0.15, 0.2) is 13.7 Å². The average molecular weight is 322 g/mol. The van der Waals surface area contributed by atoms with E-state index in [0.29, 0.717) is 6.42 Å². The Bertz CT molecular complexity index is 491. The second-order valence-corrected chi connectivity index (χ2v) is 12.1. The molecule has 9 heteroatoms. The van der Waals surface area contributed by atoms with Gasteiger partial charge < -0.3 is 24.3 Å². The molecule has 0 saturated heterocycles. The van der Waals surface area contributed by atoms with Crippen LogP contribution in [0.15, 0.2) is 12.5 Å². The summed E-state index contributed by atoms with van der Waals surface area (Å²) in [5, 5.41) is 7.65. The molecule has 20 heavy (non-hydrogen) atoms. The first-order valence-electron chi connectivity index (χ1n) is 6.42. The van der Waals surface area contributed by atoms with Gasteiger partial charge in [-0.3, -0.25) is 4.57 Å². The standard InChI is InChI=1S/C11H23N2O5PSi/c1-11(14,19(15,16)17)8-13-7-10(12-9-13)5-4-6-20(2,3)18/h7,9,14,18H,4-6,8H2,1-3H3,(H2,15,16,17). The Morgan fingerprint density at radius 3 is 2.55 bits per heavy atom. The molecule has 1 rings (SSSR count). The number of hydrogen-bond donors (Lipinski definition) is 4. The Morgan fingerprint density at radius 2 is 2.05 bits per heavy atom.